The zero-order chi connectivity index (χ0) is 26.9. The summed E-state index contributed by atoms with van der Waals surface area (Å²) in [5, 5.41) is 15.6. The van der Waals surface area contributed by atoms with Crippen LogP contribution in [0.4, 0.5) is 0 Å². The Morgan fingerprint density at radius 2 is 1.50 bits per heavy atom. The van der Waals surface area contributed by atoms with Gasteiger partial charge in [-0.25, -0.2) is 4.98 Å². The lowest BCUT2D eigenvalue weighted by Gasteiger charge is -2.11. The minimum absolute atomic E-state index is 0.0178. The fourth-order valence-electron chi connectivity index (χ4n) is 4.70. The summed E-state index contributed by atoms with van der Waals surface area (Å²) < 4.78 is 1.94. The Kier molecular flexibility index (Phi) is 9.40. The van der Waals surface area contributed by atoms with Gasteiger partial charge in [-0.2, -0.15) is 5.10 Å². The van der Waals surface area contributed by atoms with E-state index in [1.165, 1.54) is 0 Å². The maximum absolute atomic E-state index is 13.2. The largest absolute Gasteiger partial charge is 0.356 e. The first-order valence-electron chi connectivity index (χ1n) is 13.3. The van der Waals surface area contributed by atoms with Crippen LogP contribution in [0.3, 0.4) is 0 Å². The Balaban J connectivity index is 1.23. The number of fused-ring (bicyclic) bond motifs is 2. The van der Waals surface area contributed by atoms with Crippen LogP contribution in [0, 0.1) is 13.8 Å². The van der Waals surface area contributed by atoms with Crippen LogP contribution < -0.4 is 21.7 Å². The summed E-state index contributed by atoms with van der Waals surface area (Å²) >= 11 is 0. The highest BCUT2D eigenvalue weighted by atomic mass is 16.2. The lowest BCUT2D eigenvalue weighted by Crippen LogP contribution is -2.28. The molecule has 0 aliphatic carbocycles. The minimum Gasteiger partial charge on any atom is -0.356 e. The highest BCUT2D eigenvalue weighted by molar-refractivity contribution is 6.16. The topological polar surface area (TPSA) is 127 Å². The Labute approximate surface area is 223 Å². The SMILES string of the molecule is Cc1nn(CCNCCN)c(C)c1CC(=O)NCCCCNC(=O)c1c2ccccc2nc2ccccc12. The number of unbranched alkanes of at least 4 members (excludes halogenated alkanes) is 1. The number of nitrogens with zero attached hydrogens (tertiary/aromatic N) is 3. The molecule has 0 atom stereocenters. The number of carbonyl (C=O) groups is 2. The average molecular weight is 516 g/mol. The molecule has 38 heavy (non-hydrogen) atoms. The van der Waals surface area contributed by atoms with E-state index in [0.29, 0.717) is 31.6 Å². The molecule has 0 saturated heterocycles. The van der Waals surface area contributed by atoms with Crippen molar-refractivity contribution < 1.29 is 9.59 Å². The number of aryl methyl sites for hydroxylation is 1. The molecule has 0 aliphatic heterocycles. The second-order valence-corrected chi connectivity index (χ2v) is 9.42. The number of pyridine rings is 1. The molecule has 0 bridgehead atoms. The first kappa shape index (κ1) is 27.2. The van der Waals surface area contributed by atoms with Crippen LogP contribution in [-0.2, 0) is 17.8 Å². The molecule has 2 amide bonds. The molecule has 4 rings (SSSR count). The van der Waals surface area contributed by atoms with Crippen LogP contribution in [0.25, 0.3) is 21.8 Å². The van der Waals surface area contributed by atoms with E-state index in [-0.39, 0.29) is 11.8 Å². The summed E-state index contributed by atoms with van der Waals surface area (Å²) in [6, 6.07) is 15.4. The Morgan fingerprint density at radius 3 is 2.16 bits per heavy atom. The number of nitrogens with one attached hydrogen (secondary N) is 3. The molecule has 0 fully saturated rings. The van der Waals surface area contributed by atoms with Crippen molar-refractivity contribution in [3.8, 4) is 0 Å². The quantitative estimate of drug-likeness (QED) is 0.160. The van der Waals surface area contributed by atoms with Gasteiger partial charge in [0, 0.05) is 54.8 Å². The highest BCUT2D eigenvalue weighted by Gasteiger charge is 2.16. The molecule has 2 heterocycles. The monoisotopic (exact) mass is 515 g/mol. The summed E-state index contributed by atoms with van der Waals surface area (Å²) in [5.74, 6) is -0.124. The van der Waals surface area contributed by atoms with E-state index < -0.39 is 0 Å². The Morgan fingerprint density at radius 1 is 0.868 bits per heavy atom. The Bertz CT molecular complexity index is 1360. The lowest BCUT2D eigenvalue weighted by molar-refractivity contribution is -0.120. The van der Waals surface area contributed by atoms with E-state index >= 15 is 0 Å². The molecule has 5 N–H and O–H groups in total. The third kappa shape index (κ3) is 6.54. The van der Waals surface area contributed by atoms with Crippen molar-refractivity contribution >= 4 is 33.6 Å². The number of hydrogen-bond acceptors (Lipinski definition) is 6. The zero-order valence-corrected chi connectivity index (χ0v) is 22.2. The van der Waals surface area contributed by atoms with Gasteiger partial charge in [-0.3, -0.25) is 14.3 Å². The summed E-state index contributed by atoms with van der Waals surface area (Å²) in [7, 11) is 0. The molecule has 0 radical (unpaired) electrons. The van der Waals surface area contributed by atoms with Crippen LogP contribution in [0.15, 0.2) is 48.5 Å². The van der Waals surface area contributed by atoms with E-state index in [2.05, 4.69) is 26.0 Å². The molecule has 9 nitrogen and oxygen atoms in total. The van der Waals surface area contributed by atoms with E-state index in [9.17, 15) is 9.59 Å². The summed E-state index contributed by atoms with van der Waals surface area (Å²) in [4.78, 5) is 30.4. The highest BCUT2D eigenvalue weighted by Crippen LogP contribution is 2.25. The fraction of sp³-hybridized carbons (Fsp3) is 0.379. The number of amides is 2. The van der Waals surface area contributed by atoms with Gasteiger partial charge in [0.25, 0.3) is 5.91 Å². The van der Waals surface area contributed by atoms with E-state index in [1.807, 2.05) is 67.1 Å². The van der Waals surface area contributed by atoms with Gasteiger partial charge in [0.15, 0.2) is 0 Å². The van der Waals surface area contributed by atoms with Crippen molar-refractivity contribution in [3.05, 3.63) is 71.0 Å². The fourth-order valence-corrected chi connectivity index (χ4v) is 4.70. The number of aromatic nitrogens is 3. The van der Waals surface area contributed by atoms with Gasteiger partial charge in [-0.05, 0) is 38.8 Å². The van der Waals surface area contributed by atoms with Gasteiger partial charge in [0.2, 0.25) is 5.91 Å². The van der Waals surface area contributed by atoms with E-state index in [1.54, 1.807) is 0 Å². The summed E-state index contributed by atoms with van der Waals surface area (Å²) in [5.41, 5.74) is 10.7. The van der Waals surface area contributed by atoms with Crippen molar-refractivity contribution in [1.82, 2.24) is 30.7 Å². The zero-order valence-electron chi connectivity index (χ0n) is 22.2. The third-order valence-electron chi connectivity index (χ3n) is 6.72. The maximum Gasteiger partial charge on any atom is 0.252 e. The van der Waals surface area contributed by atoms with Crippen LogP contribution in [0.1, 0.15) is 40.2 Å². The van der Waals surface area contributed by atoms with Crippen molar-refractivity contribution in [3.63, 3.8) is 0 Å². The predicted molar refractivity (Wildman–Crippen MR) is 151 cm³/mol. The Hall–Kier alpha value is -3.82. The molecule has 200 valence electrons. The molecule has 2 aromatic heterocycles. The summed E-state index contributed by atoms with van der Waals surface area (Å²) in [6.07, 6.45) is 1.85. The number of carbonyl (C=O) groups excluding carboxylic acids is 2. The van der Waals surface area contributed by atoms with Gasteiger partial charge in [-0.15, -0.1) is 0 Å². The molecule has 0 aliphatic rings. The minimum atomic E-state index is -0.106. The number of hydrogen-bond donors (Lipinski definition) is 4. The molecule has 0 saturated carbocycles. The van der Waals surface area contributed by atoms with Gasteiger partial charge < -0.3 is 21.7 Å². The third-order valence-corrected chi connectivity index (χ3v) is 6.72. The van der Waals surface area contributed by atoms with Crippen molar-refractivity contribution in [2.24, 2.45) is 5.73 Å². The van der Waals surface area contributed by atoms with Crippen LogP contribution >= 0.6 is 0 Å². The van der Waals surface area contributed by atoms with Crippen LogP contribution in [-0.4, -0.2) is 59.3 Å². The number of nitrogens with two attached hydrogens (primary N) is 1. The smallest absolute Gasteiger partial charge is 0.252 e. The van der Waals surface area contributed by atoms with Gasteiger partial charge >= 0.3 is 0 Å². The normalized spacial score (nSPS) is 11.2. The van der Waals surface area contributed by atoms with E-state index in [0.717, 1.165) is 71.2 Å². The van der Waals surface area contributed by atoms with Gasteiger partial charge in [0.1, 0.15) is 0 Å². The standard InChI is InChI=1S/C29H37N7O2/c1-20-24(21(2)36(35-20)18-17-31-16-13-30)19-27(37)32-14-7-8-15-33-29(38)28-22-9-3-5-11-25(22)34-26-12-6-4-10-23(26)28/h3-6,9-12,31H,7-8,13-19,30H2,1-2H3,(H,32,37)(H,33,38). The van der Waals surface area contributed by atoms with Crippen molar-refractivity contribution in [1.29, 1.82) is 0 Å². The molecule has 9 heteroatoms. The summed E-state index contributed by atoms with van der Waals surface area (Å²) in [6.45, 7) is 7.94. The molecular weight excluding hydrogens is 478 g/mol. The predicted octanol–water partition coefficient (Wildman–Crippen LogP) is 2.62. The maximum atomic E-state index is 13.2. The van der Waals surface area contributed by atoms with Crippen LogP contribution in [0.5, 0.6) is 0 Å². The van der Waals surface area contributed by atoms with Gasteiger partial charge in [-0.1, -0.05) is 36.4 Å². The second kappa shape index (κ2) is 13.1. The van der Waals surface area contributed by atoms with Crippen molar-refractivity contribution in [2.75, 3.05) is 32.7 Å². The molecule has 0 unspecified atom stereocenters. The van der Waals surface area contributed by atoms with Crippen LogP contribution in [0.2, 0.25) is 0 Å². The van der Waals surface area contributed by atoms with Crippen molar-refractivity contribution in [2.45, 2.75) is 39.7 Å². The first-order valence-corrected chi connectivity index (χ1v) is 13.3. The molecule has 2 aromatic carbocycles. The number of benzene rings is 2. The molecule has 0 spiro atoms. The number of rotatable bonds is 13. The van der Waals surface area contributed by atoms with E-state index in [4.69, 9.17) is 5.73 Å². The lowest BCUT2D eigenvalue weighted by atomic mass is 10.0. The average Bonchev–Trinajstić information content (AvgIpc) is 3.18. The number of para-hydroxylation sites is 2. The first-order chi connectivity index (χ1) is 18.5. The molecular formula is C29H37N7O2. The second-order valence-electron chi connectivity index (χ2n) is 9.42. The van der Waals surface area contributed by atoms with Gasteiger partial charge in [0.05, 0.1) is 35.3 Å². The molecule has 4 aromatic rings.